The molecule has 0 unspecified atom stereocenters. The van der Waals surface area contributed by atoms with Gasteiger partial charge in [-0.05, 0) is 55.3 Å². The molecule has 5 nitrogen and oxygen atoms in total. The van der Waals surface area contributed by atoms with Crippen molar-refractivity contribution in [3.63, 3.8) is 0 Å². The van der Waals surface area contributed by atoms with Crippen LogP contribution in [-0.4, -0.2) is 24.2 Å². The highest BCUT2D eigenvalue weighted by atomic mass is 16.5. The number of hydrogen-bond acceptors (Lipinski definition) is 4. The van der Waals surface area contributed by atoms with E-state index >= 15 is 0 Å². The molecule has 0 bridgehead atoms. The lowest BCUT2D eigenvalue weighted by Gasteiger charge is -2.14. The summed E-state index contributed by atoms with van der Waals surface area (Å²) in [5.41, 5.74) is 1.07. The van der Waals surface area contributed by atoms with Gasteiger partial charge in [-0.2, -0.15) is 0 Å². The topological polar surface area (TPSA) is 67.8 Å². The van der Waals surface area contributed by atoms with Crippen LogP contribution in [0.3, 0.4) is 0 Å². The van der Waals surface area contributed by atoms with Gasteiger partial charge in [-0.1, -0.05) is 78.1 Å². The normalized spacial score (nSPS) is 10.8. The van der Waals surface area contributed by atoms with Crippen LogP contribution >= 0.6 is 0 Å². The summed E-state index contributed by atoms with van der Waals surface area (Å²) < 4.78 is 11.9. The van der Waals surface area contributed by atoms with Gasteiger partial charge in [0.2, 0.25) is 0 Å². The Kier molecular flexibility index (Phi) is 13.7. The maximum Gasteiger partial charge on any atom is 0.259 e. The molecule has 34 heavy (non-hydrogen) atoms. The number of ether oxygens (including phenoxy) is 2. The molecule has 0 fully saturated rings. The summed E-state index contributed by atoms with van der Waals surface area (Å²) in [6.45, 7) is 5.67. The first-order valence-corrected chi connectivity index (χ1v) is 13.1. The molecule has 2 N–H and O–H groups in total. The van der Waals surface area contributed by atoms with Crippen LogP contribution in [0.25, 0.3) is 0 Å². The van der Waals surface area contributed by atoms with Gasteiger partial charge >= 0.3 is 0 Å². The molecule has 2 aromatic rings. The maximum absolute atomic E-state index is 13.0. The summed E-state index contributed by atoms with van der Waals surface area (Å²) in [6.07, 6.45) is 14.3. The highest BCUT2D eigenvalue weighted by Gasteiger charge is 2.15. The molecule has 0 heterocycles. The average molecular weight is 470 g/mol. The summed E-state index contributed by atoms with van der Waals surface area (Å²) in [7, 11) is 0. The van der Waals surface area contributed by atoms with Gasteiger partial charge in [-0.3, -0.25) is 4.79 Å². The molecule has 0 saturated heterocycles. The van der Waals surface area contributed by atoms with Crippen LogP contribution in [0.2, 0.25) is 0 Å². The number of benzene rings is 2. The van der Waals surface area contributed by atoms with Crippen molar-refractivity contribution in [3.8, 4) is 17.2 Å². The minimum absolute atomic E-state index is 0.158. The molecule has 0 aliphatic rings. The molecule has 0 aromatic heterocycles. The number of amides is 1. The number of aromatic hydroxyl groups is 1. The molecule has 2 aromatic carbocycles. The smallest absolute Gasteiger partial charge is 0.259 e. The zero-order valence-electron chi connectivity index (χ0n) is 21.1. The van der Waals surface area contributed by atoms with E-state index in [-0.39, 0.29) is 11.7 Å². The number of nitrogens with one attached hydrogen (secondary N) is 1. The molecule has 0 saturated carbocycles. The van der Waals surface area contributed by atoms with E-state index in [2.05, 4.69) is 19.2 Å². The van der Waals surface area contributed by atoms with E-state index in [4.69, 9.17) is 9.47 Å². The first kappa shape index (κ1) is 27.6. The molecule has 2 rings (SSSR count). The Labute approximate surface area is 205 Å². The summed E-state index contributed by atoms with van der Waals surface area (Å²) in [5.74, 6) is 1.15. The Hall–Kier alpha value is -2.69. The highest BCUT2D eigenvalue weighted by Crippen LogP contribution is 2.26. The summed E-state index contributed by atoms with van der Waals surface area (Å²) in [5, 5.41) is 12.4. The molecule has 0 spiro atoms. The van der Waals surface area contributed by atoms with Gasteiger partial charge < -0.3 is 19.9 Å². The lowest BCUT2D eigenvalue weighted by molar-refractivity contribution is 0.102. The van der Waals surface area contributed by atoms with Gasteiger partial charge in [0.25, 0.3) is 5.91 Å². The quantitative estimate of drug-likeness (QED) is 0.171. The third-order valence-electron chi connectivity index (χ3n) is 5.84. The zero-order chi connectivity index (χ0) is 24.4. The van der Waals surface area contributed by atoms with E-state index in [9.17, 15) is 9.90 Å². The fourth-order valence-electron chi connectivity index (χ4n) is 3.78. The monoisotopic (exact) mass is 469 g/mol. The number of phenols is 1. The Morgan fingerprint density at radius 2 is 1.29 bits per heavy atom. The number of phenolic OH excluding ortho intramolecular Hbond substituents is 1. The minimum Gasteiger partial charge on any atom is -0.508 e. The van der Waals surface area contributed by atoms with Crippen LogP contribution in [0, 0.1) is 0 Å². The van der Waals surface area contributed by atoms with Crippen molar-refractivity contribution >= 4 is 11.6 Å². The van der Waals surface area contributed by atoms with Gasteiger partial charge in [0.05, 0.1) is 18.8 Å². The van der Waals surface area contributed by atoms with Gasteiger partial charge in [-0.25, -0.2) is 0 Å². The predicted octanol–water partition coefficient (Wildman–Crippen LogP) is 8.12. The zero-order valence-corrected chi connectivity index (χ0v) is 21.1. The van der Waals surface area contributed by atoms with Crippen LogP contribution in [0.15, 0.2) is 42.5 Å². The highest BCUT2D eigenvalue weighted by molar-refractivity contribution is 6.06. The molecular formula is C29H43NO4. The van der Waals surface area contributed by atoms with Crippen LogP contribution in [-0.2, 0) is 0 Å². The second kappa shape index (κ2) is 16.9. The van der Waals surface area contributed by atoms with Crippen molar-refractivity contribution in [1.29, 1.82) is 0 Å². The van der Waals surface area contributed by atoms with E-state index in [1.165, 1.54) is 51.4 Å². The number of rotatable bonds is 18. The number of unbranched alkanes of at least 4 members (excludes halogenated alkanes) is 10. The summed E-state index contributed by atoms with van der Waals surface area (Å²) >= 11 is 0. The lowest BCUT2D eigenvalue weighted by atomic mass is 10.1. The summed E-state index contributed by atoms with van der Waals surface area (Å²) in [6, 6.07) is 11.9. The molecule has 0 aliphatic carbocycles. The van der Waals surface area contributed by atoms with Crippen molar-refractivity contribution in [3.05, 3.63) is 48.0 Å². The fourth-order valence-corrected chi connectivity index (χ4v) is 3.78. The van der Waals surface area contributed by atoms with Crippen LogP contribution < -0.4 is 14.8 Å². The van der Waals surface area contributed by atoms with E-state index in [1.807, 2.05) is 12.1 Å². The predicted molar refractivity (Wildman–Crippen MR) is 140 cm³/mol. The standard InChI is InChI=1S/C29H43NO4/c1-3-5-7-9-11-13-21-33-26-19-20-28(34-22-14-12-10-8-6-4-2)27(23-26)29(32)30-24-15-17-25(31)18-16-24/h15-20,23,31H,3-14,21-22H2,1-2H3,(H,30,32). The Bertz CT molecular complexity index is 819. The number of carbonyl (C=O) groups excluding carboxylic acids is 1. The van der Waals surface area contributed by atoms with Crippen molar-refractivity contribution in [2.75, 3.05) is 18.5 Å². The second-order valence-electron chi connectivity index (χ2n) is 8.89. The molecular weight excluding hydrogens is 426 g/mol. The van der Waals surface area contributed by atoms with Gasteiger partial charge in [0, 0.05) is 5.69 Å². The third-order valence-corrected chi connectivity index (χ3v) is 5.84. The summed E-state index contributed by atoms with van der Waals surface area (Å²) in [4.78, 5) is 13.0. The molecule has 0 aliphatic heterocycles. The van der Waals surface area contributed by atoms with Crippen molar-refractivity contribution in [2.24, 2.45) is 0 Å². The fraction of sp³-hybridized carbons (Fsp3) is 0.552. The largest absolute Gasteiger partial charge is 0.508 e. The Morgan fingerprint density at radius 3 is 1.91 bits per heavy atom. The Morgan fingerprint density at radius 1 is 0.735 bits per heavy atom. The van der Waals surface area contributed by atoms with E-state index in [1.54, 1.807) is 30.3 Å². The van der Waals surface area contributed by atoms with Crippen molar-refractivity contribution in [1.82, 2.24) is 0 Å². The van der Waals surface area contributed by atoms with Gasteiger partial charge in [-0.15, -0.1) is 0 Å². The molecule has 188 valence electrons. The minimum atomic E-state index is -0.256. The number of anilines is 1. The van der Waals surface area contributed by atoms with Gasteiger partial charge in [0.1, 0.15) is 17.2 Å². The maximum atomic E-state index is 13.0. The van der Waals surface area contributed by atoms with E-state index in [0.717, 1.165) is 25.7 Å². The Balaban J connectivity index is 1.95. The molecule has 0 atom stereocenters. The SMILES string of the molecule is CCCCCCCCOc1ccc(OCCCCCCCC)c(C(=O)Nc2ccc(O)cc2)c1. The van der Waals surface area contributed by atoms with E-state index in [0.29, 0.717) is 36.0 Å². The second-order valence-corrected chi connectivity index (χ2v) is 8.89. The first-order chi connectivity index (χ1) is 16.6. The van der Waals surface area contributed by atoms with Crippen molar-refractivity contribution in [2.45, 2.75) is 90.9 Å². The van der Waals surface area contributed by atoms with Gasteiger partial charge in [0.15, 0.2) is 0 Å². The first-order valence-electron chi connectivity index (χ1n) is 13.1. The van der Waals surface area contributed by atoms with Crippen LogP contribution in [0.5, 0.6) is 17.2 Å². The number of carbonyl (C=O) groups is 1. The molecule has 5 heteroatoms. The van der Waals surface area contributed by atoms with Crippen LogP contribution in [0.4, 0.5) is 5.69 Å². The number of hydrogen-bond donors (Lipinski definition) is 2. The third kappa shape index (κ3) is 11.0. The lowest BCUT2D eigenvalue weighted by Crippen LogP contribution is -2.14. The average Bonchev–Trinajstić information content (AvgIpc) is 2.84. The molecule has 0 radical (unpaired) electrons. The molecule has 1 amide bonds. The van der Waals surface area contributed by atoms with Crippen LogP contribution in [0.1, 0.15) is 101 Å². The van der Waals surface area contributed by atoms with Crippen molar-refractivity contribution < 1.29 is 19.4 Å². The van der Waals surface area contributed by atoms with E-state index < -0.39 is 0 Å².